The Morgan fingerprint density at radius 2 is 2.11 bits per heavy atom. The molecule has 1 rings (SSSR count). The van der Waals surface area contributed by atoms with E-state index in [1.165, 1.54) is 0 Å². The first-order valence-corrected chi connectivity index (χ1v) is 8.71. The molecule has 110 valence electrons. The van der Waals surface area contributed by atoms with Crippen LogP contribution in [0.1, 0.15) is 26.7 Å². The van der Waals surface area contributed by atoms with E-state index in [2.05, 4.69) is 0 Å². The van der Waals surface area contributed by atoms with E-state index in [0.29, 0.717) is 36.8 Å². The summed E-state index contributed by atoms with van der Waals surface area (Å²) in [7, 11) is -3.03. The monoisotopic (exact) mass is 306 g/mol. The van der Waals surface area contributed by atoms with Crippen LogP contribution in [0.5, 0.6) is 0 Å². The molecule has 0 bridgehead atoms. The van der Waals surface area contributed by atoms with E-state index in [-0.39, 0.29) is 17.4 Å². The molecule has 1 aliphatic rings. The third kappa shape index (κ3) is 5.44. The number of carbonyl (C=O) groups is 1. The van der Waals surface area contributed by atoms with E-state index in [4.69, 9.17) is 18.0 Å². The fourth-order valence-corrected chi connectivity index (χ4v) is 4.05. The number of nitrogens with zero attached hydrogens (tertiary/aromatic N) is 1. The first kappa shape index (κ1) is 16.4. The fraction of sp³-hybridized carbons (Fsp3) is 0.833. The van der Waals surface area contributed by atoms with Crippen molar-refractivity contribution in [2.24, 2.45) is 17.6 Å². The maximum absolute atomic E-state index is 12.4. The van der Waals surface area contributed by atoms with Gasteiger partial charge in [-0.3, -0.25) is 4.79 Å². The van der Waals surface area contributed by atoms with Gasteiger partial charge in [-0.05, 0) is 12.3 Å². The largest absolute Gasteiger partial charge is 0.393 e. The van der Waals surface area contributed by atoms with Crippen LogP contribution in [-0.4, -0.2) is 48.8 Å². The van der Waals surface area contributed by atoms with Gasteiger partial charge in [-0.1, -0.05) is 26.1 Å². The minimum Gasteiger partial charge on any atom is -0.393 e. The third-order valence-corrected chi connectivity index (χ3v) is 5.08. The predicted octanol–water partition coefficient (Wildman–Crippen LogP) is 0.582. The predicted molar refractivity (Wildman–Crippen MR) is 79.6 cm³/mol. The zero-order chi connectivity index (χ0) is 14.6. The number of hydrogen-bond donors (Lipinski definition) is 1. The summed E-state index contributed by atoms with van der Waals surface area (Å²) < 4.78 is 22.9. The lowest BCUT2D eigenvalue weighted by Gasteiger charge is -2.26. The zero-order valence-corrected chi connectivity index (χ0v) is 13.1. The first-order valence-electron chi connectivity index (χ1n) is 6.49. The average Bonchev–Trinajstić information content (AvgIpc) is 2.63. The lowest BCUT2D eigenvalue weighted by molar-refractivity contribution is -0.135. The summed E-state index contributed by atoms with van der Waals surface area (Å²) in [6.45, 7) is 5.12. The summed E-state index contributed by atoms with van der Waals surface area (Å²) in [5, 5.41) is 0. The van der Waals surface area contributed by atoms with Crippen molar-refractivity contribution in [2.75, 3.05) is 24.6 Å². The Hall–Kier alpha value is -0.690. The molecule has 0 radical (unpaired) electrons. The highest BCUT2D eigenvalue weighted by Gasteiger charge is 2.35. The second kappa shape index (κ2) is 6.65. The number of nitrogens with two attached hydrogens (primary N) is 1. The summed E-state index contributed by atoms with van der Waals surface area (Å²) in [4.78, 5) is 14.4. The van der Waals surface area contributed by atoms with Crippen LogP contribution in [0.15, 0.2) is 0 Å². The second-order valence-electron chi connectivity index (χ2n) is 5.49. The Morgan fingerprint density at radius 3 is 2.53 bits per heavy atom. The Bertz CT molecular complexity index is 446. The number of sulfone groups is 1. The molecule has 1 atom stereocenters. The maximum Gasteiger partial charge on any atom is 0.226 e. The molecular weight excluding hydrogens is 284 g/mol. The lowest BCUT2D eigenvalue weighted by atomic mass is 10.1. The van der Waals surface area contributed by atoms with Gasteiger partial charge in [0.05, 0.1) is 22.4 Å². The van der Waals surface area contributed by atoms with Crippen LogP contribution in [0, 0.1) is 11.8 Å². The van der Waals surface area contributed by atoms with E-state index < -0.39 is 15.8 Å². The van der Waals surface area contributed by atoms with Crippen molar-refractivity contribution < 1.29 is 13.2 Å². The van der Waals surface area contributed by atoms with E-state index in [9.17, 15) is 13.2 Å². The van der Waals surface area contributed by atoms with Gasteiger partial charge in [0.1, 0.15) is 0 Å². The van der Waals surface area contributed by atoms with Crippen LogP contribution in [0.4, 0.5) is 0 Å². The summed E-state index contributed by atoms with van der Waals surface area (Å²) in [6.07, 6.45) is 0.913. The summed E-state index contributed by atoms with van der Waals surface area (Å²) in [6, 6.07) is 0. The normalized spacial score (nSPS) is 21.5. The van der Waals surface area contributed by atoms with Gasteiger partial charge in [0.2, 0.25) is 5.91 Å². The summed E-state index contributed by atoms with van der Waals surface area (Å²) in [5.41, 5.74) is 5.47. The van der Waals surface area contributed by atoms with Crippen molar-refractivity contribution in [3.63, 3.8) is 0 Å². The van der Waals surface area contributed by atoms with E-state index in [0.717, 1.165) is 0 Å². The molecule has 1 unspecified atom stereocenters. The molecule has 0 aromatic rings. The number of amides is 1. The molecule has 1 aliphatic heterocycles. The van der Waals surface area contributed by atoms with Crippen molar-refractivity contribution in [3.8, 4) is 0 Å². The number of thiocarbonyl (C=S) groups is 1. The van der Waals surface area contributed by atoms with Crippen molar-refractivity contribution in [1.29, 1.82) is 0 Å². The number of hydrogen-bond acceptors (Lipinski definition) is 4. The molecule has 0 aliphatic carbocycles. The van der Waals surface area contributed by atoms with Crippen LogP contribution < -0.4 is 5.73 Å². The zero-order valence-electron chi connectivity index (χ0n) is 11.5. The van der Waals surface area contributed by atoms with Gasteiger partial charge >= 0.3 is 0 Å². The lowest BCUT2D eigenvalue weighted by Crippen LogP contribution is -2.40. The molecule has 1 saturated heterocycles. The Kier molecular flexibility index (Phi) is 5.73. The van der Waals surface area contributed by atoms with Gasteiger partial charge in [-0.2, -0.15) is 0 Å². The second-order valence-corrected chi connectivity index (χ2v) is 8.25. The smallest absolute Gasteiger partial charge is 0.226 e. The number of rotatable bonds is 6. The van der Waals surface area contributed by atoms with Gasteiger partial charge in [-0.25, -0.2) is 8.42 Å². The summed E-state index contributed by atoms with van der Waals surface area (Å²) >= 11 is 4.83. The average molecular weight is 306 g/mol. The van der Waals surface area contributed by atoms with Crippen LogP contribution in [0.25, 0.3) is 0 Å². The molecule has 1 heterocycles. The molecule has 0 aromatic carbocycles. The molecule has 19 heavy (non-hydrogen) atoms. The van der Waals surface area contributed by atoms with E-state index in [1.54, 1.807) is 4.90 Å². The Balaban J connectivity index is 2.68. The Morgan fingerprint density at radius 1 is 1.47 bits per heavy atom. The van der Waals surface area contributed by atoms with Gasteiger partial charge in [-0.15, -0.1) is 0 Å². The van der Waals surface area contributed by atoms with Crippen LogP contribution in [0.3, 0.4) is 0 Å². The highest BCUT2D eigenvalue weighted by molar-refractivity contribution is 7.91. The molecule has 2 N–H and O–H groups in total. The molecular formula is C12H22N2O3S2. The molecule has 1 fully saturated rings. The minimum absolute atomic E-state index is 0.0203. The summed E-state index contributed by atoms with van der Waals surface area (Å²) in [5.74, 6) is -0.0451. The van der Waals surface area contributed by atoms with Gasteiger partial charge in [0.15, 0.2) is 9.84 Å². The first-order chi connectivity index (χ1) is 8.71. The van der Waals surface area contributed by atoms with Crippen LogP contribution >= 0.6 is 12.2 Å². The van der Waals surface area contributed by atoms with Crippen molar-refractivity contribution >= 4 is 33.0 Å². The Labute approximate surface area is 120 Å². The van der Waals surface area contributed by atoms with Gasteiger partial charge in [0.25, 0.3) is 0 Å². The fourth-order valence-electron chi connectivity index (χ4n) is 2.23. The molecule has 1 amide bonds. The van der Waals surface area contributed by atoms with Gasteiger partial charge in [0, 0.05) is 19.5 Å². The topological polar surface area (TPSA) is 80.5 Å². The molecule has 0 saturated carbocycles. The number of carbonyl (C=O) groups excluding carboxylic acids is 1. The van der Waals surface area contributed by atoms with Crippen molar-refractivity contribution in [3.05, 3.63) is 0 Å². The maximum atomic E-state index is 12.4. The van der Waals surface area contributed by atoms with Crippen LogP contribution in [0.2, 0.25) is 0 Å². The molecule has 5 nitrogen and oxygen atoms in total. The van der Waals surface area contributed by atoms with Crippen molar-refractivity contribution in [2.45, 2.75) is 26.7 Å². The third-order valence-electron chi connectivity index (χ3n) is 3.11. The standard InChI is InChI=1S/C12H22N2O3S2/c1-9(2)7-14(5-3-11(13)18)12(15)10-4-6-19(16,17)8-10/h9-10H,3-8H2,1-2H3,(H2,13,18). The molecule has 7 heteroatoms. The van der Waals surface area contributed by atoms with Gasteiger partial charge < -0.3 is 10.6 Å². The van der Waals surface area contributed by atoms with Crippen molar-refractivity contribution in [1.82, 2.24) is 4.90 Å². The van der Waals surface area contributed by atoms with E-state index >= 15 is 0 Å². The highest BCUT2D eigenvalue weighted by atomic mass is 32.2. The molecule has 0 spiro atoms. The molecule has 0 aromatic heterocycles. The highest BCUT2D eigenvalue weighted by Crippen LogP contribution is 2.21. The minimum atomic E-state index is -3.03. The van der Waals surface area contributed by atoms with Crippen LogP contribution in [-0.2, 0) is 14.6 Å². The SMILES string of the molecule is CC(C)CN(CCC(N)=S)C(=O)C1CCS(=O)(=O)C1. The van der Waals surface area contributed by atoms with E-state index in [1.807, 2.05) is 13.8 Å². The quantitative estimate of drug-likeness (QED) is 0.726.